The van der Waals surface area contributed by atoms with Crippen molar-refractivity contribution in [1.82, 2.24) is 25.1 Å². The third-order valence-corrected chi connectivity index (χ3v) is 7.83. The van der Waals surface area contributed by atoms with Crippen molar-refractivity contribution in [2.45, 2.75) is 64.1 Å². The van der Waals surface area contributed by atoms with Crippen LogP contribution in [0.4, 0.5) is 17.5 Å². The number of anilines is 3. The second-order valence-corrected chi connectivity index (χ2v) is 10.8. The molecule has 5 rings (SSSR count). The molecule has 1 aromatic carbocycles. The van der Waals surface area contributed by atoms with Crippen molar-refractivity contribution < 1.29 is 9.84 Å². The predicted molar refractivity (Wildman–Crippen MR) is 154 cm³/mol. The maximum atomic E-state index is 12.7. The van der Waals surface area contributed by atoms with Gasteiger partial charge in [0.15, 0.2) is 0 Å². The van der Waals surface area contributed by atoms with Crippen molar-refractivity contribution in [2.75, 3.05) is 42.9 Å². The molecule has 0 spiro atoms. The number of aromatic amines is 1. The summed E-state index contributed by atoms with van der Waals surface area (Å²) in [5, 5.41) is 29.2. The Morgan fingerprint density at radius 2 is 1.90 bits per heavy atom. The number of hydrogen-bond donors (Lipinski definition) is 3. The lowest BCUT2D eigenvalue weighted by molar-refractivity contribution is 0.0579. The van der Waals surface area contributed by atoms with Crippen molar-refractivity contribution in [3.63, 3.8) is 0 Å². The molecule has 1 unspecified atom stereocenters. The summed E-state index contributed by atoms with van der Waals surface area (Å²) in [7, 11) is 0. The fourth-order valence-corrected chi connectivity index (χ4v) is 5.57. The Balaban J connectivity index is 1.24. The summed E-state index contributed by atoms with van der Waals surface area (Å²) in [6.45, 7) is 6.20. The van der Waals surface area contributed by atoms with Gasteiger partial charge in [0.05, 0.1) is 18.4 Å². The number of nitrogens with zero attached hydrogens (tertiary/aromatic N) is 6. The molecule has 2 aliphatic heterocycles. The smallest absolute Gasteiger partial charge is 0.277 e. The highest BCUT2D eigenvalue weighted by Crippen LogP contribution is 2.28. The second-order valence-electron chi connectivity index (χ2n) is 10.8. The molecule has 1 atom stereocenters. The molecule has 0 bridgehead atoms. The molecule has 4 heterocycles. The third-order valence-electron chi connectivity index (χ3n) is 7.83. The fourth-order valence-electron chi connectivity index (χ4n) is 5.57. The average Bonchev–Trinajstić information content (AvgIpc) is 2.96. The molecule has 40 heavy (non-hydrogen) atoms. The number of nitrogens with one attached hydrogen (secondary N) is 2. The van der Waals surface area contributed by atoms with Crippen molar-refractivity contribution in [1.29, 1.82) is 5.26 Å². The number of aliphatic hydroxyl groups is 1. The van der Waals surface area contributed by atoms with E-state index < -0.39 is 0 Å². The number of nitriles is 1. The fraction of sp³-hybridized carbons (Fsp3) is 0.552. The molecular weight excluding hydrogens is 508 g/mol. The number of β-amino-alcohol motifs (C(OH)–C–C–N with tert-alkyl or cyclic N) is 1. The first kappa shape index (κ1) is 27.8. The van der Waals surface area contributed by atoms with Gasteiger partial charge >= 0.3 is 0 Å². The Morgan fingerprint density at radius 1 is 1.15 bits per heavy atom. The van der Waals surface area contributed by atoms with Crippen LogP contribution in [0.25, 0.3) is 10.9 Å². The molecule has 212 valence electrons. The van der Waals surface area contributed by atoms with Crippen LogP contribution in [0.1, 0.15) is 51.9 Å². The third kappa shape index (κ3) is 6.87. The van der Waals surface area contributed by atoms with Gasteiger partial charge in [-0.2, -0.15) is 15.3 Å². The van der Waals surface area contributed by atoms with E-state index in [0.717, 1.165) is 82.7 Å². The Morgan fingerprint density at radius 3 is 2.60 bits per heavy atom. The van der Waals surface area contributed by atoms with Gasteiger partial charge in [-0.25, -0.2) is 10.1 Å². The first-order chi connectivity index (χ1) is 19.5. The van der Waals surface area contributed by atoms with Gasteiger partial charge in [-0.3, -0.25) is 4.79 Å². The lowest BCUT2D eigenvalue weighted by Gasteiger charge is -2.33. The molecule has 3 N–H and O–H groups in total. The lowest BCUT2D eigenvalue weighted by atomic mass is 9.94. The van der Waals surface area contributed by atoms with Gasteiger partial charge in [-0.1, -0.05) is 13.3 Å². The van der Waals surface area contributed by atoms with Gasteiger partial charge < -0.3 is 25.0 Å². The molecular formula is C29H38N8O3. The minimum absolute atomic E-state index is 0.148. The number of benzene rings is 1. The Kier molecular flexibility index (Phi) is 9.08. The van der Waals surface area contributed by atoms with Crippen molar-refractivity contribution in [3.8, 4) is 11.8 Å². The SMILES string of the molecule is CCCC(O)CN1CCC(Oc2ccc(Nc3nc(N4CCC(CC#N)CC4)nc4cn[nH]c(=O)c34)cc2)CC1. The van der Waals surface area contributed by atoms with Gasteiger partial charge in [-0.05, 0) is 62.3 Å². The average molecular weight is 547 g/mol. The van der Waals surface area contributed by atoms with Gasteiger partial charge in [0.25, 0.3) is 5.56 Å². The Labute approximate surface area is 234 Å². The maximum Gasteiger partial charge on any atom is 0.277 e. The summed E-state index contributed by atoms with van der Waals surface area (Å²) in [6, 6.07) is 9.96. The number of ether oxygens (including phenoxy) is 1. The number of piperidine rings is 2. The number of aromatic nitrogens is 4. The minimum atomic E-state index is -0.354. The summed E-state index contributed by atoms with van der Waals surface area (Å²) >= 11 is 0. The highest BCUT2D eigenvalue weighted by molar-refractivity contribution is 5.90. The van der Waals surface area contributed by atoms with Gasteiger partial charge in [-0.15, -0.1) is 0 Å². The molecule has 11 heteroatoms. The number of H-pyrrole nitrogens is 1. The van der Waals surface area contributed by atoms with Gasteiger partial charge in [0.1, 0.15) is 28.6 Å². The lowest BCUT2D eigenvalue weighted by Crippen LogP contribution is -2.41. The predicted octanol–water partition coefficient (Wildman–Crippen LogP) is 3.59. The van der Waals surface area contributed by atoms with E-state index in [9.17, 15) is 9.90 Å². The topological polar surface area (TPSA) is 143 Å². The number of likely N-dealkylation sites (tertiary alicyclic amines) is 1. The van der Waals surface area contributed by atoms with Crippen LogP contribution in [0.3, 0.4) is 0 Å². The van der Waals surface area contributed by atoms with Crippen LogP contribution in [-0.2, 0) is 0 Å². The first-order valence-electron chi connectivity index (χ1n) is 14.3. The van der Waals surface area contributed by atoms with E-state index in [4.69, 9.17) is 15.0 Å². The normalized spacial score (nSPS) is 18.0. The van der Waals surface area contributed by atoms with E-state index in [-0.39, 0.29) is 17.8 Å². The van der Waals surface area contributed by atoms with Gasteiger partial charge in [0, 0.05) is 44.8 Å². The van der Waals surface area contributed by atoms with Crippen LogP contribution in [0.15, 0.2) is 35.3 Å². The summed E-state index contributed by atoms with van der Waals surface area (Å²) in [6.07, 6.45) is 7.53. The molecule has 2 aliphatic rings. The van der Waals surface area contributed by atoms with Crippen LogP contribution < -0.4 is 20.5 Å². The molecule has 2 aromatic heterocycles. The van der Waals surface area contributed by atoms with E-state index in [0.29, 0.717) is 35.0 Å². The zero-order valence-electron chi connectivity index (χ0n) is 23.1. The van der Waals surface area contributed by atoms with Crippen molar-refractivity contribution in [2.24, 2.45) is 5.92 Å². The van der Waals surface area contributed by atoms with E-state index in [2.05, 4.69) is 43.3 Å². The van der Waals surface area contributed by atoms with Crippen molar-refractivity contribution >= 4 is 28.4 Å². The zero-order valence-corrected chi connectivity index (χ0v) is 23.1. The molecule has 3 aromatic rings. The largest absolute Gasteiger partial charge is 0.490 e. The van der Waals surface area contributed by atoms with Crippen molar-refractivity contribution in [3.05, 3.63) is 40.8 Å². The number of hydrogen-bond acceptors (Lipinski definition) is 10. The summed E-state index contributed by atoms with van der Waals surface area (Å²) in [5.74, 6) is 2.17. The monoisotopic (exact) mass is 546 g/mol. The highest BCUT2D eigenvalue weighted by atomic mass is 16.5. The number of rotatable bonds is 10. The molecule has 2 fully saturated rings. The highest BCUT2D eigenvalue weighted by Gasteiger charge is 2.24. The summed E-state index contributed by atoms with van der Waals surface area (Å²) in [4.78, 5) is 26.5. The molecule has 0 aliphatic carbocycles. The van der Waals surface area contributed by atoms with E-state index in [1.807, 2.05) is 24.3 Å². The van der Waals surface area contributed by atoms with Crippen LogP contribution >= 0.6 is 0 Å². The van der Waals surface area contributed by atoms with E-state index in [1.165, 1.54) is 0 Å². The quantitative estimate of drug-likeness (QED) is 0.345. The van der Waals surface area contributed by atoms with E-state index >= 15 is 0 Å². The number of aliphatic hydroxyl groups excluding tert-OH is 1. The molecule has 0 radical (unpaired) electrons. The Hall–Kier alpha value is -3.75. The van der Waals surface area contributed by atoms with E-state index in [1.54, 1.807) is 6.20 Å². The standard InChI is InChI=1S/C29H38N8O3/c1-2-3-22(38)19-36-14-11-24(12-15-36)40-23-6-4-21(5-7-23)32-27-26-25(18-31-35-28(26)39)33-29(34-27)37-16-9-20(8-13-30)10-17-37/h4-7,18,20,22,24,38H,2-3,8-12,14-17,19H2,1H3,(H,35,39)(H,32,33,34). The van der Waals surface area contributed by atoms with Crippen LogP contribution in [-0.4, -0.2) is 75.1 Å². The van der Waals surface area contributed by atoms with Crippen LogP contribution in [0.5, 0.6) is 5.75 Å². The second kappa shape index (κ2) is 13.1. The zero-order chi connectivity index (χ0) is 27.9. The molecule has 0 saturated carbocycles. The van der Waals surface area contributed by atoms with Crippen LogP contribution in [0.2, 0.25) is 0 Å². The molecule has 0 amide bonds. The Bertz CT molecular complexity index is 1360. The number of fused-ring (bicyclic) bond motifs is 1. The van der Waals surface area contributed by atoms with Crippen LogP contribution in [0, 0.1) is 17.2 Å². The molecule has 2 saturated heterocycles. The summed E-state index contributed by atoms with van der Waals surface area (Å²) < 4.78 is 6.24. The maximum absolute atomic E-state index is 12.7. The molecule has 11 nitrogen and oxygen atoms in total. The van der Waals surface area contributed by atoms with Gasteiger partial charge in [0.2, 0.25) is 5.95 Å². The minimum Gasteiger partial charge on any atom is -0.490 e. The first-order valence-corrected chi connectivity index (χ1v) is 14.3. The summed E-state index contributed by atoms with van der Waals surface area (Å²) in [5.41, 5.74) is 0.902.